The number of guanidine groups is 1. The van der Waals surface area contributed by atoms with Gasteiger partial charge in [0.05, 0.1) is 17.7 Å². The van der Waals surface area contributed by atoms with Crippen LogP contribution in [0.3, 0.4) is 0 Å². The fourth-order valence-electron chi connectivity index (χ4n) is 8.56. The minimum Gasteiger partial charge on any atom is -0.480 e. The van der Waals surface area contributed by atoms with Crippen LogP contribution in [0.15, 0.2) is 53.7 Å². The van der Waals surface area contributed by atoms with Crippen molar-refractivity contribution in [2.45, 2.75) is 146 Å². The summed E-state index contributed by atoms with van der Waals surface area (Å²) in [6.45, 7) is 2.25. The van der Waals surface area contributed by atoms with E-state index in [1.54, 1.807) is 0 Å². The molecule has 6 amide bonds. The number of unbranched alkanes of at least 4 members (excludes halogenated alkanes) is 3. The van der Waals surface area contributed by atoms with Gasteiger partial charge in [-0.3, -0.25) is 38.6 Å². The number of hydrogen-bond donors (Lipinski definition) is 11. The number of aliphatic imine (C=N–C) groups is 1. The third-order valence-electron chi connectivity index (χ3n) is 12.3. The predicted molar refractivity (Wildman–Crippen MR) is 259 cm³/mol. The van der Waals surface area contributed by atoms with E-state index in [1.807, 2.05) is 30.3 Å². The second kappa shape index (κ2) is 30.6. The Morgan fingerprint density at radius 1 is 0.789 bits per heavy atom. The number of rotatable bonds is 29. The number of nitrogen functional groups attached to an aromatic ring is 1. The second-order valence-electron chi connectivity index (χ2n) is 17.7. The van der Waals surface area contributed by atoms with Gasteiger partial charge in [-0.15, -0.1) is 0 Å². The molecule has 0 bridgehead atoms. The van der Waals surface area contributed by atoms with Crippen LogP contribution in [0, 0.1) is 0 Å². The second-order valence-corrected chi connectivity index (χ2v) is 17.7. The summed E-state index contributed by atoms with van der Waals surface area (Å²) >= 11 is 0. The van der Waals surface area contributed by atoms with Gasteiger partial charge in [0.15, 0.2) is 11.7 Å². The van der Waals surface area contributed by atoms with Gasteiger partial charge in [0.25, 0.3) is 5.91 Å². The average Bonchev–Trinajstić information content (AvgIpc) is 4.05. The van der Waals surface area contributed by atoms with Crippen molar-refractivity contribution in [2.24, 2.45) is 28.0 Å². The van der Waals surface area contributed by atoms with Crippen molar-refractivity contribution in [1.29, 1.82) is 0 Å². The van der Waals surface area contributed by atoms with Crippen LogP contribution in [-0.4, -0.2) is 147 Å². The summed E-state index contributed by atoms with van der Waals surface area (Å²) < 4.78 is 0. The standard InChI is InChI=1S/C47H71N13O10.Tc/c1-29(61)40(57-39(63)20-7-3-6-19-37(62)34(27-30-13-4-2-5-14-30)56-41(64)31-21-22-38(58-51)53-28-31)43(66)54-32(15-8-9-23-48)44(67)60-26-12-18-36(60)45(68)59-25-11-17-35(59)42(65)55-33(46(69)70)16-10-24-52-47(49)50;/h2,4-5,13-14,21-22,28-29,32-36,40,61H,3,6-12,15-20,23-27,48,51H2,1H3,(H,53,58)(H,54,66)(H,55,65)(H,56,64)(H,57,63)(H,69,70)(H4,49,50,52);/i;1+1. The molecule has 2 aromatic rings. The molecule has 2 aliphatic heterocycles. The van der Waals surface area contributed by atoms with E-state index in [0.717, 1.165) is 5.56 Å². The van der Waals surface area contributed by atoms with E-state index in [4.69, 9.17) is 23.0 Å². The molecule has 1 aromatic carbocycles. The van der Waals surface area contributed by atoms with Gasteiger partial charge in [0.1, 0.15) is 36.0 Å². The maximum absolute atomic E-state index is 14.3. The van der Waals surface area contributed by atoms with E-state index in [9.17, 15) is 48.6 Å². The number of hydrazine groups is 1. The molecule has 7 unspecified atom stereocenters. The van der Waals surface area contributed by atoms with Crippen molar-refractivity contribution >= 4 is 59.0 Å². The number of nitrogens with zero attached hydrogens (tertiary/aromatic N) is 4. The molecule has 3 heterocycles. The number of likely N-dealkylation sites (tertiary alicyclic amines) is 2. The first kappa shape index (κ1) is 59.2. The first-order valence-electron chi connectivity index (χ1n) is 24.0. The van der Waals surface area contributed by atoms with Crippen molar-refractivity contribution < 1.29 is 68.7 Å². The molecule has 4 rings (SSSR count). The molecule has 2 saturated heterocycles. The van der Waals surface area contributed by atoms with Gasteiger partial charge in [-0.2, -0.15) is 0 Å². The minimum absolute atomic E-state index is 0. The molecule has 1 aromatic heterocycles. The molecule has 0 spiro atoms. The number of carbonyl (C=O) groups is 8. The van der Waals surface area contributed by atoms with Gasteiger partial charge in [-0.25, -0.2) is 15.6 Å². The molecule has 7 atom stereocenters. The number of aromatic nitrogens is 1. The van der Waals surface area contributed by atoms with Crippen LogP contribution in [-0.2, 0) is 60.1 Å². The van der Waals surface area contributed by atoms with Gasteiger partial charge >= 0.3 is 5.97 Å². The summed E-state index contributed by atoms with van der Waals surface area (Å²) in [4.78, 5) is 118. The van der Waals surface area contributed by atoms with Gasteiger partial charge in [-0.1, -0.05) is 36.8 Å². The van der Waals surface area contributed by atoms with Crippen molar-refractivity contribution in [1.82, 2.24) is 36.1 Å². The number of hydrogen-bond acceptors (Lipinski definition) is 14. The smallest absolute Gasteiger partial charge is 0.326 e. The number of nitrogens with two attached hydrogens (primary N) is 4. The van der Waals surface area contributed by atoms with E-state index in [2.05, 4.69) is 36.7 Å². The van der Waals surface area contributed by atoms with E-state index in [1.165, 1.54) is 35.1 Å². The number of anilines is 1. The van der Waals surface area contributed by atoms with Crippen LogP contribution >= 0.6 is 0 Å². The first-order valence-corrected chi connectivity index (χ1v) is 24.0. The SMILES string of the molecule is CC(O)C(NC(=O)CCCCCC(=O)C(Cc1ccccc1)NC(=O)c1ccc(NN)nc1)C(=O)NC(CCCCN)C(=O)N1CCCC1C(=O)N1CCCC1C(=O)NC(CCCN=C(N)N)C(=O)O.[99Tc]. The minimum atomic E-state index is -1.43. The van der Waals surface area contributed by atoms with Crippen LogP contribution < -0.4 is 49.7 Å². The molecule has 0 aliphatic carbocycles. The third kappa shape index (κ3) is 18.9. The van der Waals surface area contributed by atoms with E-state index < -0.39 is 83.8 Å². The number of carboxylic acids is 1. The van der Waals surface area contributed by atoms with Crippen LogP contribution in [0.5, 0.6) is 0 Å². The zero-order valence-corrected chi connectivity index (χ0v) is 42.1. The number of aliphatic hydroxyl groups is 1. The maximum atomic E-state index is 14.3. The van der Waals surface area contributed by atoms with Crippen molar-refractivity contribution in [3.63, 3.8) is 0 Å². The fraction of sp³-hybridized carbons (Fsp3) is 0.574. The zero-order valence-electron chi connectivity index (χ0n) is 40.2. The van der Waals surface area contributed by atoms with Crippen LogP contribution in [0.1, 0.15) is 113 Å². The van der Waals surface area contributed by atoms with Crippen molar-refractivity contribution in [3.8, 4) is 0 Å². The molecule has 2 aliphatic rings. The number of benzene rings is 1. The van der Waals surface area contributed by atoms with Crippen LogP contribution in [0.2, 0.25) is 0 Å². The van der Waals surface area contributed by atoms with Gasteiger partial charge < -0.3 is 63.9 Å². The van der Waals surface area contributed by atoms with Crippen LogP contribution in [0.4, 0.5) is 5.82 Å². The normalized spacial score (nSPS) is 17.3. The average molecular weight is 1080 g/mol. The molecule has 1 radical (unpaired) electrons. The van der Waals surface area contributed by atoms with E-state index in [0.29, 0.717) is 70.2 Å². The first-order chi connectivity index (χ1) is 33.5. The number of ketones is 1. The fourth-order valence-corrected chi connectivity index (χ4v) is 8.56. The largest absolute Gasteiger partial charge is 0.480 e. The number of nitrogens with one attached hydrogen (secondary N) is 5. The molecular weight excluding hydrogens is 1010 g/mol. The number of carboxylic acid groups (broad SMARTS) is 1. The Bertz CT molecular complexity index is 2110. The van der Waals surface area contributed by atoms with Gasteiger partial charge in [0.2, 0.25) is 29.5 Å². The summed E-state index contributed by atoms with van der Waals surface area (Å²) in [5.41, 5.74) is 19.9. The number of aliphatic hydroxyl groups excluding tert-OH is 1. The Hall–Kier alpha value is -6.07. The Balaban J connectivity index is 0.0000133. The predicted octanol–water partition coefficient (Wildman–Crippen LogP) is -0.690. The number of amides is 6. The number of carbonyl (C=O) groups excluding carboxylic acids is 7. The third-order valence-corrected chi connectivity index (χ3v) is 12.3. The molecular formula is C47H71N13O10Tc. The number of aliphatic carboxylic acids is 1. The molecule has 0 saturated carbocycles. The molecule has 23 nitrogen and oxygen atoms in total. The monoisotopic (exact) mass is 1080 g/mol. The van der Waals surface area contributed by atoms with Gasteiger partial charge in [0, 0.05) is 58.8 Å². The Kier molecular flexibility index (Phi) is 25.5. The molecule has 71 heavy (non-hydrogen) atoms. The number of Topliss-reactive ketones (excluding diaryl/α,β-unsaturated/α-hetero) is 1. The van der Waals surface area contributed by atoms with E-state index >= 15 is 0 Å². The van der Waals surface area contributed by atoms with Crippen LogP contribution in [0.25, 0.3) is 0 Å². The Morgan fingerprint density at radius 3 is 2.10 bits per heavy atom. The van der Waals surface area contributed by atoms with Crippen molar-refractivity contribution in [3.05, 3.63) is 59.8 Å². The van der Waals surface area contributed by atoms with Gasteiger partial charge in [-0.05, 0) is 108 Å². The summed E-state index contributed by atoms with van der Waals surface area (Å²) in [6.07, 6.45) is 4.59. The zero-order chi connectivity index (χ0) is 51.2. The Morgan fingerprint density at radius 2 is 1.46 bits per heavy atom. The quantitative estimate of drug-likeness (QED) is 0.0158. The topological polar surface area (TPSA) is 373 Å². The molecule has 2 fully saturated rings. The summed E-state index contributed by atoms with van der Waals surface area (Å²) in [5.74, 6) is 0.720. The molecule has 15 N–H and O–H groups in total. The summed E-state index contributed by atoms with van der Waals surface area (Å²) in [7, 11) is 0. The summed E-state index contributed by atoms with van der Waals surface area (Å²) in [5, 5.41) is 31.1. The van der Waals surface area contributed by atoms with E-state index in [-0.39, 0.29) is 95.6 Å². The number of pyridine rings is 1. The maximum Gasteiger partial charge on any atom is 0.326 e. The van der Waals surface area contributed by atoms with Crippen molar-refractivity contribution in [2.75, 3.05) is 31.6 Å². The Labute approximate surface area is 427 Å². The molecule has 24 heteroatoms. The summed E-state index contributed by atoms with van der Waals surface area (Å²) in [6, 6.07) is 5.80. The molecule has 391 valence electrons.